The number of hydrogen-bond donors (Lipinski definition) is 2. The molecule has 4 aromatic rings. The number of tetrazole rings is 1. The Kier molecular flexibility index (Phi) is 4.18. The van der Waals surface area contributed by atoms with Crippen LogP contribution in [-0.2, 0) is 0 Å². The second kappa shape index (κ2) is 6.64. The van der Waals surface area contributed by atoms with E-state index in [9.17, 15) is 9.90 Å². The highest BCUT2D eigenvalue weighted by Gasteiger charge is 2.22. The van der Waals surface area contributed by atoms with Crippen molar-refractivity contribution in [3.63, 3.8) is 0 Å². The number of thioether (sulfide) groups is 1. The molecule has 2 N–H and O–H groups in total. The maximum atomic E-state index is 12.9. The lowest BCUT2D eigenvalue weighted by Gasteiger charge is -2.09. The Balaban J connectivity index is 1.59. The molecule has 0 saturated heterocycles. The van der Waals surface area contributed by atoms with Gasteiger partial charge >= 0.3 is 0 Å². The van der Waals surface area contributed by atoms with E-state index in [0.717, 1.165) is 10.9 Å². The minimum absolute atomic E-state index is 0.00714. The second-order valence-electron chi connectivity index (χ2n) is 5.76. The average molecular weight is 365 g/mol. The summed E-state index contributed by atoms with van der Waals surface area (Å²) in [6.07, 6.45) is 1.74. The lowest BCUT2D eigenvalue weighted by atomic mass is 10.1. The van der Waals surface area contributed by atoms with E-state index in [1.807, 2.05) is 31.2 Å². The topological polar surface area (TPSA) is 96.7 Å². The van der Waals surface area contributed by atoms with Crippen LogP contribution in [0.4, 0.5) is 0 Å². The number of aromatic amines is 1. The highest BCUT2D eigenvalue weighted by Crippen LogP contribution is 2.28. The molecule has 0 aliphatic carbocycles. The summed E-state index contributed by atoms with van der Waals surface area (Å²) < 4.78 is 1.54. The Morgan fingerprint density at radius 1 is 1.19 bits per heavy atom. The zero-order valence-corrected chi connectivity index (χ0v) is 14.6. The summed E-state index contributed by atoms with van der Waals surface area (Å²) in [7, 11) is 0. The fourth-order valence-electron chi connectivity index (χ4n) is 2.71. The van der Waals surface area contributed by atoms with Crippen molar-refractivity contribution in [2.75, 3.05) is 0 Å². The molecule has 8 heteroatoms. The predicted octanol–water partition coefficient (Wildman–Crippen LogP) is 3.21. The van der Waals surface area contributed by atoms with Crippen molar-refractivity contribution in [3.05, 3.63) is 60.3 Å². The molecular formula is C18H15N5O2S. The zero-order chi connectivity index (χ0) is 18.1. The van der Waals surface area contributed by atoms with Crippen LogP contribution >= 0.6 is 11.8 Å². The number of carbonyl (C=O) groups is 1. The average Bonchev–Trinajstić information content (AvgIpc) is 3.28. The third kappa shape index (κ3) is 2.95. The lowest BCUT2D eigenvalue weighted by Crippen LogP contribution is -2.14. The summed E-state index contributed by atoms with van der Waals surface area (Å²) in [4.78, 5) is 16.0. The number of nitrogens with zero attached hydrogens (tertiary/aromatic N) is 4. The standard InChI is InChI=1S/C18H15N5O2S/c1-11(17(25)15-10-19-16-5-3-2-4-14(15)16)26-18-20-21-22-23(18)12-6-8-13(24)9-7-12/h2-11,19,24H,1H3. The number of aromatic nitrogens is 5. The Labute approximate surface area is 153 Å². The first kappa shape index (κ1) is 16.3. The van der Waals surface area contributed by atoms with Crippen LogP contribution in [0.3, 0.4) is 0 Å². The van der Waals surface area contributed by atoms with Gasteiger partial charge in [-0.3, -0.25) is 4.79 Å². The Morgan fingerprint density at radius 2 is 1.96 bits per heavy atom. The van der Waals surface area contributed by atoms with Crippen LogP contribution in [0.15, 0.2) is 59.9 Å². The first-order valence-corrected chi connectivity index (χ1v) is 8.86. The first-order chi connectivity index (χ1) is 12.6. The molecule has 130 valence electrons. The largest absolute Gasteiger partial charge is 0.508 e. The second-order valence-corrected chi connectivity index (χ2v) is 7.07. The van der Waals surface area contributed by atoms with E-state index in [1.165, 1.54) is 11.8 Å². The van der Waals surface area contributed by atoms with Crippen LogP contribution in [0.25, 0.3) is 16.6 Å². The normalized spacial score (nSPS) is 12.3. The lowest BCUT2D eigenvalue weighted by molar-refractivity contribution is 0.0995. The van der Waals surface area contributed by atoms with Crippen LogP contribution in [0.1, 0.15) is 17.3 Å². The van der Waals surface area contributed by atoms with E-state index in [0.29, 0.717) is 16.4 Å². The number of para-hydroxylation sites is 1. The summed E-state index contributed by atoms with van der Waals surface area (Å²) in [5.41, 5.74) is 2.30. The van der Waals surface area contributed by atoms with Crippen molar-refractivity contribution in [2.24, 2.45) is 0 Å². The Hall–Kier alpha value is -3.13. The van der Waals surface area contributed by atoms with Gasteiger partial charge in [-0.05, 0) is 47.7 Å². The van der Waals surface area contributed by atoms with Gasteiger partial charge in [0.05, 0.1) is 10.9 Å². The number of hydrogen-bond acceptors (Lipinski definition) is 6. The Bertz CT molecular complexity index is 1070. The molecule has 2 aromatic carbocycles. The van der Waals surface area contributed by atoms with Gasteiger partial charge in [0, 0.05) is 22.7 Å². The molecule has 0 saturated carbocycles. The van der Waals surface area contributed by atoms with E-state index < -0.39 is 0 Å². The van der Waals surface area contributed by atoms with Crippen molar-refractivity contribution in [1.29, 1.82) is 0 Å². The molecule has 0 spiro atoms. The molecule has 2 aromatic heterocycles. The van der Waals surface area contributed by atoms with E-state index in [1.54, 1.807) is 35.1 Å². The van der Waals surface area contributed by atoms with Crippen molar-refractivity contribution in [1.82, 2.24) is 25.2 Å². The van der Waals surface area contributed by atoms with Crippen LogP contribution in [-0.4, -0.2) is 41.3 Å². The van der Waals surface area contributed by atoms with Gasteiger partial charge in [0.25, 0.3) is 0 Å². The quantitative estimate of drug-likeness (QED) is 0.416. The smallest absolute Gasteiger partial charge is 0.214 e. The first-order valence-electron chi connectivity index (χ1n) is 7.98. The number of phenols is 1. The number of nitrogens with one attached hydrogen (secondary N) is 1. The highest BCUT2D eigenvalue weighted by atomic mass is 32.2. The fourth-order valence-corrected chi connectivity index (χ4v) is 3.59. The van der Waals surface area contributed by atoms with Gasteiger partial charge in [0.1, 0.15) is 5.75 Å². The van der Waals surface area contributed by atoms with Crippen molar-refractivity contribution in [2.45, 2.75) is 17.3 Å². The number of H-pyrrole nitrogens is 1. The van der Waals surface area contributed by atoms with Gasteiger partial charge in [-0.2, -0.15) is 4.68 Å². The summed E-state index contributed by atoms with van der Waals surface area (Å²) in [6.45, 7) is 1.84. The molecule has 0 amide bonds. The Morgan fingerprint density at radius 3 is 2.77 bits per heavy atom. The van der Waals surface area contributed by atoms with Crippen LogP contribution in [0.5, 0.6) is 5.75 Å². The molecule has 2 heterocycles. The number of aromatic hydroxyl groups is 1. The molecule has 7 nitrogen and oxygen atoms in total. The SMILES string of the molecule is CC(Sc1nnnn1-c1ccc(O)cc1)C(=O)c1c[nH]c2ccccc12. The number of Topliss-reactive ketones (excluding diaryl/α,β-unsaturated/α-hetero) is 1. The molecular weight excluding hydrogens is 350 g/mol. The van der Waals surface area contributed by atoms with E-state index in [2.05, 4.69) is 20.5 Å². The number of carbonyl (C=O) groups excluding carboxylic acids is 1. The molecule has 0 aliphatic rings. The number of rotatable bonds is 5. The third-order valence-electron chi connectivity index (χ3n) is 4.04. The van der Waals surface area contributed by atoms with Gasteiger partial charge < -0.3 is 10.1 Å². The van der Waals surface area contributed by atoms with Gasteiger partial charge in [-0.15, -0.1) is 5.10 Å². The van der Waals surface area contributed by atoms with Gasteiger partial charge in [0.2, 0.25) is 5.16 Å². The molecule has 26 heavy (non-hydrogen) atoms. The third-order valence-corrected chi connectivity index (χ3v) is 5.07. The summed E-state index contributed by atoms with van der Waals surface area (Å²) in [5, 5.41) is 22.2. The summed E-state index contributed by atoms with van der Waals surface area (Å²) in [6, 6.07) is 14.3. The number of ketones is 1. The number of benzene rings is 2. The molecule has 0 fully saturated rings. The maximum Gasteiger partial charge on any atom is 0.214 e. The monoisotopic (exact) mass is 365 g/mol. The van der Waals surface area contributed by atoms with Crippen LogP contribution in [0, 0.1) is 0 Å². The predicted molar refractivity (Wildman–Crippen MR) is 98.8 cm³/mol. The summed E-state index contributed by atoms with van der Waals surface area (Å²) in [5.74, 6) is 0.173. The van der Waals surface area contributed by atoms with Gasteiger partial charge in [-0.1, -0.05) is 30.0 Å². The van der Waals surface area contributed by atoms with Crippen molar-refractivity contribution < 1.29 is 9.90 Å². The maximum absolute atomic E-state index is 12.9. The molecule has 0 radical (unpaired) electrons. The van der Waals surface area contributed by atoms with Crippen molar-refractivity contribution in [3.8, 4) is 11.4 Å². The fraction of sp³-hybridized carbons (Fsp3) is 0.111. The van der Waals surface area contributed by atoms with Crippen LogP contribution < -0.4 is 0 Å². The van der Waals surface area contributed by atoms with Crippen molar-refractivity contribution >= 4 is 28.4 Å². The molecule has 1 atom stereocenters. The number of phenolic OH excluding ortho intramolecular Hbond substituents is 1. The molecule has 1 unspecified atom stereocenters. The molecule has 4 rings (SSSR count). The molecule has 0 aliphatic heterocycles. The van der Waals surface area contributed by atoms with E-state index >= 15 is 0 Å². The van der Waals surface area contributed by atoms with Crippen LogP contribution in [0.2, 0.25) is 0 Å². The summed E-state index contributed by atoms with van der Waals surface area (Å²) >= 11 is 1.29. The van der Waals surface area contributed by atoms with Gasteiger partial charge in [-0.25, -0.2) is 0 Å². The van der Waals surface area contributed by atoms with E-state index in [4.69, 9.17) is 0 Å². The zero-order valence-electron chi connectivity index (χ0n) is 13.8. The van der Waals surface area contributed by atoms with E-state index in [-0.39, 0.29) is 16.8 Å². The molecule has 0 bridgehead atoms. The van der Waals surface area contributed by atoms with Gasteiger partial charge in [0.15, 0.2) is 5.78 Å². The highest BCUT2D eigenvalue weighted by molar-refractivity contribution is 8.00. The number of fused-ring (bicyclic) bond motifs is 1. The minimum Gasteiger partial charge on any atom is -0.508 e. The minimum atomic E-state index is -0.365.